The second kappa shape index (κ2) is 4.96. The normalized spacial score (nSPS) is 20.9. The molecular formula is C12H24N2OS. The van der Waals surface area contributed by atoms with Gasteiger partial charge in [0.2, 0.25) is 5.91 Å². The van der Waals surface area contributed by atoms with Gasteiger partial charge in [-0.1, -0.05) is 0 Å². The molecule has 16 heavy (non-hydrogen) atoms. The van der Waals surface area contributed by atoms with Crippen LogP contribution in [0, 0.1) is 0 Å². The van der Waals surface area contributed by atoms with Gasteiger partial charge in [0.1, 0.15) is 0 Å². The highest BCUT2D eigenvalue weighted by atomic mass is 32.2. The summed E-state index contributed by atoms with van der Waals surface area (Å²) in [6.07, 6.45) is 0. The van der Waals surface area contributed by atoms with E-state index < -0.39 is 0 Å². The number of carbonyl (C=O) groups excluding carboxylic acids is 1. The Morgan fingerprint density at radius 3 is 2.56 bits per heavy atom. The van der Waals surface area contributed by atoms with Gasteiger partial charge in [-0.3, -0.25) is 4.79 Å². The first-order valence-electron chi connectivity index (χ1n) is 5.86. The van der Waals surface area contributed by atoms with Crippen molar-refractivity contribution in [3.63, 3.8) is 0 Å². The first-order valence-corrected chi connectivity index (χ1v) is 6.85. The topological polar surface area (TPSA) is 32.3 Å². The molecule has 94 valence electrons. The third kappa shape index (κ3) is 4.74. The summed E-state index contributed by atoms with van der Waals surface area (Å²) >= 11 is 1.95. The van der Waals surface area contributed by atoms with Crippen molar-refractivity contribution in [1.82, 2.24) is 10.2 Å². The van der Waals surface area contributed by atoms with E-state index >= 15 is 0 Å². The van der Waals surface area contributed by atoms with Gasteiger partial charge in [0.15, 0.2) is 0 Å². The summed E-state index contributed by atoms with van der Waals surface area (Å²) in [5, 5.41) is 3.25. The predicted octanol–water partition coefficient (Wildman–Crippen LogP) is 1.73. The lowest BCUT2D eigenvalue weighted by atomic mass is 10.1. The van der Waals surface area contributed by atoms with Crippen molar-refractivity contribution in [1.29, 1.82) is 0 Å². The zero-order valence-electron chi connectivity index (χ0n) is 11.1. The molecule has 1 saturated heterocycles. The zero-order valence-corrected chi connectivity index (χ0v) is 11.9. The Morgan fingerprint density at radius 2 is 2.06 bits per heavy atom. The molecule has 0 aromatic rings. The van der Waals surface area contributed by atoms with Gasteiger partial charge in [-0.05, 0) is 34.6 Å². The van der Waals surface area contributed by atoms with E-state index in [0.717, 1.165) is 18.8 Å². The van der Waals surface area contributed by atoms with Gasteiger partial charge in [0, 0.05) is 29.1 Å². The molecule has 0 saturated carbocycles. The minimum absolute atomic E-state index is 0.00964. The Balaban J connectivity index is 2.42. The number of nitrogens with one attached hydrogen (secondary N) is 1. The van der Waals surface area contributed by atoms with Gasteiger partial charge in [-0.2, -0.15) is 11.8 Å². The van der Waals surface area contributed by atoms with E-state index in [1.165, 1.54) is 0 Å². The van der Waals surface area contributed by atoms with Gasteiger partial charge in [-0.25, -0.2) is 0 Å². The zero-order chi connectivity index (χ0) is 12.4. The minimum atomic E-state index is 0.00964. The molecule has 1 heterocycles. The number of hydrogen-bond donors (Lipinski definition) is 1. The molecule has 0 aromatic carbocycles. The number of rotatable bonds is 2. The van der Waals surface area contributed by atoms with Crippen molar-refractivity contribution in [3.8, 4) is 0 Å². The maximum absolute atomic E-state index is 12.0. The second-order valence-electron chi connectivity index (χ2n) is 6.03. The fourth-order valence-electron chi connectivity index (χ4n) is 1.68. The van der Waals surface area contributed by atoms with E-state index in [4.69, 9.17) is 0 Å². The molecule has 1 aliphatic rings. The van der Waals surface area contributed by atoms with E-state index in [0.29, 0.717) is 6.54 Å². The van der Waals surface area contributed by atoms with Crippen molar-refractivity contribution in [2.75, 3.05) is 25.4 Å². The van der Waals surface area contributed by atoms with Crippen LogP contribution in [0.4, 0.5) is 0 Å². The smallest absolute Gasteiger partial charge is 0.236 e. The molecule has 3 nitrogen and oxygen atoms in total. The van der Waals surface area contributed by atoms with E-state index in [1.807, 2.05) is 16.7 Å². The molecule has 0 atom stereocenters. The summed E-state index contributed by atoms with van der Waals surface area (Å²) in [7, 11) is 0. The molecule has 1 aliphatic heterocycles. The largest absolute Gasteiger partial charge is 0.339 e. The number of nitrogens with zero attached hydrogens (tertiary/aromatic N) is 1. The molecule has 0 unspecified atom stereocenters. The van der Waals surface area contributed by atoms with Crippen LogP contribution in [0.25, 0.3) is 0 Å². The first-order chi connectivity index (χ1) is 7.20. The maximum atomic E-state index is 12.0. The summed E-state index contributed by atoms with van der Waals surface area (Å²) in [6, 6.07) is 0. The SMILES string of the molecule is CC(C)(C)NCC(=O)N1CCSC(C)(C)C1. The van der Waals surface area contributed by atoms with Crippen molar-refractivity contribution in [2.24, 2.45) is 0 Å². The van der Waals surface area contributed by atoms with Crippen molar-refractivity contribution >= 4 is 17.7 Å². The minimum Gasteiger partial charge on any atom is -0.339 e. The molecule has 0 aromatic heterocycles. The highest BCUT2D eigenvalue weighted by Gasteiger charge is 2.29. The highest BCUT2D eigenvalue weighted by Crippen LogP contribution is 2.29. The van der Waals surface area contributed by atoms with Crippen LogP contribution in [0.15, 0.2) is 0 Å². The van der Waals surface area contributed by atoms with Gasteiger partial charge in [0.05, 0.1) is 6.54 Å². The van der Waals surface area contributed by atoms with Crippen LogP contribution in [-0.2, 0) is 4.79 Å². The fraction of sp³-hybridized carbons (Fsp3) is 0.917. The lowest BCUT2D eigenvalue weighted by molar-refractivity contribution is -0.130. The summed E-state index contributed by atoms with van der Waals surface area (Å²) in [5.74, 6) is 1.28. The summed E-state index contributed by atoms with van der Waals surface area (Å²) in [4.78, 5) is 14.0. The molecule has 1 N–H and O–H groups in total. The third-order valence-corrected chi connectivity index (χ3v) is 3.85. The Morgan fingerprint density at radius 1 is 1.44 bits per heavy atom. The quantitative estimate of drug-likeness (QED) is 0.803. The Bertz CT molecular complexity index is 258. The highest BCUT2D eigenvalue weighted by molar-refractivity contribution is 8.00. The number of thioether (sulfide) groups is 1. The molecular weight excluding hydrogens is 220 g/mol. The number of amides is 1. The van der Waals surface area contributed by atoms with Crippen LogP contribution in [0.1, 0.15) is 34.6 Å². The summed E-state index contributed by atoms with van der Waals surface area (Å²) in [6.45, 7) is 12.8. The van der Waals surface area contributed by atoms with E-state index in [1.54, 1.807) is 0 Å². The van der Waals surface area contributed by atoms with Gasteiger partial charge in [0.25, 0.3) is 0 Å². The Kier molecular flexibility index (Phi) is 4.29. The Labute approximate surface area is 103 Å². The molecule has 0 aliphatic carbocycles. The number of hydrogen-bond acceptors (Lipinski definition) is 3. The molecule has 4 heteroatoms. The molecule has 0 spiro atoms. The molecule has 1 rings (SSSR count). The van der Waals surface area contributed by atoms with Crippen molar-refractivity contribution < 1.29 is 4.79 Å². The van der Waals surface area contributed by atoms with Crippen LogP contribution >= 0.6 is 11.8 Å². The second-order valence-corrected chi connectivity index (χ2v) is 7.83. The average Bonchev–Trinajstić information content (AvgIpc) is 2.11. The Hall–Kier alpha value is -0.220. The van der Waals surface area contributed by atoms with Crippen molar-refractivity contribution in [2.45, 2.75) is 44.9 Å². The molecule has 1 amide bonds. The van der Waals surface area contributed by atoms with E-state index in [-0.39, 0.29) is 16.2 Å². The van der Waals surface area contributed by atoms with E-state index in [2.05, 4.69) is 39.9 Å². The summed E-state index contributed by atoms with van der Waals surface area (Å²) < 4.78 is 0.204. The monoisotopic (exact) mass is 244 g/mol. The first kappa shape index (κ1) is 13.8. The lowest BCUT2D eigenvalue weighted by Gasteiger charge is -2.38. The van der Waals surface area contributed by atoms with E-state index in [9.17, 15) is 4.79 Å². The average molecular weight is 244 g/mol. The lowest BCUT2D eigenvalue weighted by Crippen LogP contribution is -2.51. The standard InChI is InChI=1S/C12H24N2OS/c1-11(2,3)13-8-10(15)14-6-7-16-12(4,5)9-14/h13H,6-9H2,1-5H3. The van der Waals surface area contributed by atoms with Gasteiger partial charge < -0.3 is 10.2 Å². The van der Waals surface area contributed by atoms with Crippen LogP contribution in [0.2, 0.25) is 0 Å². The molecule has 1 fully saturated rings. The summed E-state index contributed by atoms with van der Waals surface area (Å²) in [5.41, 5.74) is 0.00964. The van der Waals surface area contributed by atoms with Crippen LogP contribution in [0.3, 0.4) is 0 Å². The van der Waals surface area contributed by atoms with Crippen molar-refractivity contribution in [3.05, 3.63) is 0 Å². The molecule has 0 bridgehead atoms. The van der Waals surface area contributed by atoms with Gasteiger partial charge >= 0.3 is 0 Å². The molecule has 0 radical (unpaired) electrons. The van der Waals surface area contributed by atoms with Crippen LogP contribution in [0.5, 0.6) is 0 Å². The van der Waals surface area contributed by atoms with Crippen LogP contribution < -0.4 is 5.32 Å². The maximum Gasteiger partial charge on any atom is 0.236 e. The van der Waals surface area contributed by atoms with Crippen LogP contribution in [-0.4, -0.2) is 46.5 Å². The fourth-order valence-corrected chi connectivity index (χ4v) is 2.79. The number of carbonyl (C=O) groups is 1. The third-order valence-electron chi connectivity index (χ3n) is 2.55. The predicted molar refractivity (Wildman–Crippen MR) is 70.9 cm³/mol. The van der Waals surface area contributed by atoms with Gasteiger partial charge in [-0.15, -0.1) is 0 Å².